The Morgan fingerprint density at radius 2 is 1.71 bits per heavy atom. The van der Waals surface area contributed by atoms with Gasteiger partial charge in [-0.3, -0.25) is 9.59 Å². The average molecular weight is 378 g/mol. The molecular formula is C22H22N2O4. The summed E-state index contributed by atoms with van der Waals surface area (Å²) in [5, 5.41) is 12.5. The van der Waals surface area contributed by atoms with Gasteiger partial charge in [0.05, 0.1) is 0 Å². The van der Waals surface area contributed by atoms with Gasteiger partial charge >= 0.3 is 5.97 Å². The number of fused-ring (bicyclic) bond motifs is 1. The highest BCUT2D eigenvalue weighted by molar-refractivity contribution is 6.01. The number of nitrogens with zero attached hydrogens (tertiary/aromatic N) is 1. The molecule has 0 radical (unpaired) electrons. The monoisotopic (exact) mass is 378 g/mol. The summed E-state index contributed by atoms with van der Waals surface area (Å²) in [5.41, 5.74) is 2.64. The van der Waals surface area contributed by atoms with Crippen molar-refractivity contribution in [3.63, 3.8) is 0 Å². The van der Waals surface area contributed by atoms with E-state index in [4.69, 9.17) is 0 Å². The molecule has 4 rings (SSSR count). The van der Waals surface area contributed by atoms with Crippen molar-refractivity contribution >= 4 is 17.8 Å². The Morgan fingerprint density at radius 1 is 1.00 bits per heavy atom. The van der Waals surface area contributed by atoms with Gasteiger partial charge in [-0.2, -0.15) is 0 Å². The molecule has 1 saturated carbocycles. The molecule has 1 aliphatic heterocycles. The Labute approximate surface area is 163 Å². The van der Waals surface area contributed by atoms with Crippen molar-refractivity contribution in [2.24, 2.45) is 5.92 Å². The fraction of sp³-hybridized carbons (Fsp3) is 0.318. The fourth-order valence-corrected chi connectivity index (χ4v) is 3.58. The second-order valence-electron chi connectivity index (χ2n) is 7.49. The SMILES string of the molecule is O=C(NCC1CC1)c1cccc(C(=O)N2Cc3ccccc3C[C@H]2C(=O)O)c1. The van der Waals surface area contributed by atoms with Crippen molar-refractivity contribution in [3.05, 3.63) is 70.8 Å². The van der Waals surface area contributed by atoms with Crippen LogP contribution in [0.2, 0.25) is 0 Å². The van der Waals surface area contributed by atoms with E-state index in [0.717, 1.165) is 24.0 Å². The van der Waals surface area contributed by atoms with E-state index in [1.807, 2.05) is 24.3 Å². The lowest BCUT2D eigenvalue weighted by Crippen LogP contribution is -2.48. The third-order valence-electron chi connectivity index (χ3n) is 5.41. The molecule has 0 aromatic heterocycles. The maximum atomic E-state index is 13.1. The first-order chi connectivity index (χ1) is 13.5. The van der Waals surface area contributed by atoms with E-state index in [0.29, 0.717) is 23.6 Å². The number of carboxylic acids is 1. The van der Waals surface area contributed by atoms with E-state index in [-0.39, 0.29) is 24.8 Å². The van der Waals surface area contributed by atoms with Gasteiger partial charge < -0.3 is 15.3 Å². The van der Waals surface area contributed by atoms with Gasteiger partial charge in [-0.05, 0) is 48.1 Å². The van der Waals surface area contributed by atoms with E-state index in [1.165, 1.54) is 4.90 Å². The van der Waals surface area contributed by atoms with E-state index in [1.54, 1.807) is 24.3 Å². The molecule has 0 saturated heterocycles. The fourth-order valence-electron chi connectivity index (χ4n) is 3.58. The van der Waals surface area contributed by atoms with Crippen molar-refractivity contribution in [3.8, 4) is 0 Å². The summed E-state index contributed by atoms with van der Waals surface area (Å²) in [6.45, 7) is 0.894. The van der Waals surface area contributed by atoms with Crippen LogP contribution in [0.25, 0.3) is 0 Å². The summed E-state index contributed by atoms with van der Waals surface area (Å²) in [5.74, 6) is -1.04. The molecule has 1 heterocycles. The number of carbonyl (C=O) groups is 3. The first-order valence-electron chi connectivity index (χ1n) is 9.52. The molecule has 0 unspecified atom stereocenters. The topological polar surface area (TPSA) is 86.7 Å². The summed E-state index contributed by atoms with van der Waals surface area (Å²) in [6.07, 6.45) is 2.57. The quantitative estimate of drug-likeness (QED) is 0.837. The number of hydrogen-bond donors (Lipinski definition) is 2. The molecule has 1 fully saturated rings. The number of carboxylic acid groups (broad SMARTS) is 1. The van der Waals surface area contributed by atoms with Crippen LogP contribution in [0.15, 0.2) is 48.5 Å². The number of hydrogen-bond acceptors (Lipinski definition) is 3. The molecule has 2 N–H and O–H groups in total. The van der Waals surface area contributed by atoms with Crippen LogP contribution < -0.4 is 5.32 Å². The molecule has 2 aromatic rings. The smallest absolute Gasteiger partial charge is 0.326 e. The number of benzene rings is 2. The van der Waals surface area contributed by atoms with Crippen LogP contribution in [0.4, 0.5) is 0 Å². The highest BCUT2D eigenvalue weighted by Crippen LogP contribution is 2.28. The number of aliphatic carboxylic acids is 1. The minimum Gasteiger partial charge on any atom is -0.480 e. The summed E-state index contributed by atoms with van der Waals surface area (Å²) < 4.78 is 0. The molecule has 2 aliphatic rings. The Morgan fingerprint density at radius 3 is 2.43 bits per heavy atom. The van der Waals surface area contributed by atoms with Gasteiger partial charge in [0.25, 0.3) is 11.8 Å². The van der Waals surface area contributed by atoms with Crippen LogP contribution in [0, 0.1) is 5.92 Å². The summed E-state index contributed by atoms with van der Waals surface area (Å²) in [6, 6.07) is 13.1. The Kier molecular flexibility index (Phi) is 4.86. The van der Waals surface area contributed by atoms with E-state index in [2.05, 4.69) is 5.32 Å². The largest absolute Gasteiger partial charge is 0.480 e. The van der Waals surface area contributed by atoms with Crippen LogP contribution in [0.3, 0.4) is 0 Å². The standard InChI is InChI=1S/C22H22N2O4/c25-20(23-12-14-8-9-14)16-6-3-7-17(10-16)21(26)24-13-18-5-2-1-4-15(18)11-19(24)22(27)28/h1-7,10,14,19H,8-9,11-13H2,(H,23,25)(H,27,28)/t19-/m0/s1. The van der Waals surface area contributed by atoms with Crippen molar-refractivity contribution < 1.29 is 19.5 Å². The molecule has 2 aromatic carbocycles. The van der Waals surface area contributed by atoms with Crippen molar-refractivity contribution in [1.29, 1.82) is 0 Å². The van der Waals surface area contributed by atoms with E-state index >= 15 is 0 Å². The molecular weight excluding hydrogens is 356 g/mol. The Bertz CT molecular complexity index is 936. The normalized spacial score (nSPS) is 18.3. The highest BCUT2D eigenvalue weighted by atomic mass is 16.4. The average Bonchev–Trinajstić information content (AvgIpc) is 3.55. The van der Waals surface area contributed by atoms with Crippen LogP contribution >= 0.6 is 0 Å². The maximum absolute atomic E-state index is 13.1. The maximum Gasteiger partial charge on any atom is 0.326 e. The van der Waals surface area contributed by atoms with Crippen LogP contribution in [0.5, 0.6) is 0 Å². The van der Waals surface area contributed by atoms with Crippen molar-refractivity contribution in [1.82, 2.24) is 10.2 Å². The number of amides is 2. The van der Waals surface area contributed by atoms with Crippen molar-refractivity contribution in [2.75, 3.05) is 6.54 Å². The highest BCUT2D eigenvalue weighted by Gasteiger charge is 2.35. The van der Waals surface area contributed by atoms with Gasteiger partial charge in [-0.25, -0.2) is 4.79 Å². The minimum atomic E-state index is -1.03. The lowest BCUT2D eigenvalue weighted by molar-refractivity contribution is -0.142. The van der Waals surface area contributed by atoms with E-state index in [9.17, 15) is 19.5 Å². The number of nitrogens with one attached hydrogen (secondary N) is 1. The third kappa shape index (κ3) is 3.76. The second kappa shape index (κ2) is 7.46. The molecule has 2 amide bonds. The third-order valence-corrected chi connectivity index (χ3v) is 5.41. The molecule has 1 aliphatic carbocycles. The van der Waals surface area contributed by atoms with Crippen LogP contribution in [-0.4, -0.2) is 40.4 Å². The summed E-state index contributed by atoms with van der Waals surface area (Å²) in [7, 11) is 0. The zero-order chi connectivity index (χ0) is 19.7. The Balaban J connectivity index is 1.56. The molecule has 0 spiro atoms. The molecule has 6 nitrogen and oxygen atoms in total. The minimum absolute atomic E-state index is 0.208. The molecule has 28 heavy (non-hydrogen) atoms. The zero-order valence-electron chi connectivity index (χ0n) is 15.4. The first-order valence-corrected chi connectivity index (χ1v) is 9.52. The molecule has 6 heteroatoms. The van der Waals surface area contributed by atoms with Gasteiger partial charge in [0.15, 0.2) is 0 Å². The lowest BCUT2D eigenvalue weighted by Gasteiger charge is -2.34. The molecule has 1 atom stereocenters. The number of rotatable bonds is 5. The summed E-state index contributed by atoms with van der Waals surface area (Å²) in [4.78, 5) is 38.6. The summed E-state index contributed by atoms with van der Waals surface area (Å²) >= 11 is 0. The molecule has 144 valence electrons. The van der Waals surface area contributed by atoms with Gasteiger partial charge in [0.1, 0.15) is 6.04 Å². The van der Waals surface area contributed by atoms with Crippen molar-refractivity contribution in [2.45, 2.75) is 31.8 Å². The van der Waals surface area contributed by atoms with Crippen LogP contribution in [0.1, 0.15) is 44.7 Å². The predicted octanol–water partition coefficient (Wildman–Crippen LogP) is 2.48. The first kappa shape index (κ1) is 18.2. The van der Waals surface area contributed by atoms with E-state index < -0.39 is 12.0 Å². The zero-order valence-corrected chi connectivity index (χ0v) is 15.4. The molecule has 0 bridgehead atoms. The van der Waals surface area contributed by atoms with Gasteiger partial charge in [0.2, 0.25) is 0 Å². The van der Waals surface area contributed by atoms with Crippen LogP contribution in [-0.2, 0) is 17.8 Å². The van der Waals surface area contributed by atoms with Gasteiger partial charge in [-0.1, -0.05) is 30.3 Å². The Hall–Kier alpha value is -3.15. The van der Waals surface area contributed by atoms with Gasteiger partial charge in [0, 0.05) is 30.6 Å². The lowest BCUT2D eigenvalue weighted by atomic mass is 9.93. The number of carbonyl (C=O) groups excluding carboxylic acids is 2. The van der Waals surface area contributed by atoms with Gasteiger partial charge in [-0.15, -0.1) is 0 Å². The predicted molar refractivity (Wildman–Crippen MR) is 103 cm³/mol. The second-order valence-corrected chi connectivity index (χ2v) is 7.49.